The second-order valence-corrected chi connectivity index (χ2v) is 18.1. The molecule has 3 aliphatic rings. The SMILES string of the molecule is CC1(C)c2ccccc2-c2ccc(N(c3ccc(-c4cccc5c4oc4ccccc45)cc3)c3ccc4c(c3)C3(Cc5ccccc5C3)c3cc(-c5ccccc5)ccc3-4)cc21. The minimum atomic E-state index is -0.169. The van der Waals surface area contributed by atoms with Crippen molar-refractivity contribution >= 4 is 39.0 Å². The Morgan fingerprint density at radius 1 is 0.387 bits per heavy atom. The summed E-state index contributed by atoms with van der Waals surface area (Å²) in [6, 6.07) is 74.4. The summed E-state index contributed by atoms with van der Waals surface area (Å²) in [6.45, 7) is 4.74. The van der Waals surface area contributed by atoms with E-state index in [9.17, 15) is 0 Å². The van der Waals surface area contributed by atoms with E-state index >= 15 is 0 Å². The molecular weight excluding hydrogens is 751 g/mol. The largest absolute Gasteiger partial charge is 0.455 e. The zero-order valence-electron chi connectivity index (χ0n) is 34.8. The third kappa shape index (κ3) is 5.04. The molecule has 10 aromatic rings. The highest BCUT2D eigenvalue weighted by atomic mass is 16.3. The molecule has 0 bridgehead atoms. The first-order chi connectivity index (χ1) is 30.4. The molecule has 0 unspecified atom stereocenters. The van der Waals surface area contributed by atoms with E-state index in [0.717, 1.165) is 63.0 Å². The number of para-hydroxylation sites is 2. The van der Waals surface area contributed by atoms with Crippen LogP contribution in [0.4, 0.5) is 17.1 Å². The molecule has 1 aromatic heterocycles. The highest BCUT2D eigenvalue weighted by Gasteiger charge is 2.47. The first-order valence-corrected chi connectivity index (χ1v) is 21.9. The van der Waals surface area contributed by atoms with Crippen LogP contribution in [0.25, 0.3) is 66.4 Å². The molecule has 3 aliphatic carbocycles. The molecule has 0 saturated heterocycles. The van der Waals surface area contributed by atoms with Gasteiger partial charge in [0.1, 0.15) is 11.2 Å². The maximum Gasteiger partial charge on any atom is 0.143 e. The van der Waals surface area contributed by atoms with Crippen molar-refractivity contribution in [2.24, 2.45) is 0 Å². The highest BCUT2D eigenvalue weighted by Crippen LogP contribution is 2.58. The second kappa shape index (κ2) is 13.0. The van der Waals surface area contributed by atoms with Gasteiger partial charge in [-0.15, -0.1) is 0 Å². The molecule has 2 nitrogen and oxygen atoms in total. The Morgan fingerprint density at radius 3 is 1.71 bits per heavy atom. The smallest absolute Gasteiger partial charge is 0.143 e. The average Bonchev–Trinajstić information content (AvgIpc) is 4.04. The summed E-state index contributed by atoms with van der Waals surface area (Å²) in [6.07, 6.45) is 1.97. The van der Waals surface area contributed by atoms with Gasteiger partial charge in [0.15, 0.2) is 0 Å². The maximum absolute atomic E-state index is 6.50. The molecule has 294 valence electrons. The van der Waals surface area contributed by atoms with Crippen LogP contribution < -0.4 is 4.90 Å². The number of fused-ring (bicyclic) bond motifs is 12. The number of furan rings is 1. The van der Waals surface area contributed by atoms with Gasteiger partial charge in [0.2, 0.25) is 0 Å². The normalized spacial score (nSPS) is 14.7. The summed E-state index contributed by atoms with van der Waals surface area (Å²) in [4.78, 5) is 2.49. The molecule has 0 saturated carbocycles. The van der Waals surface area contributed by atoms with Crippen LogP contribution in [0.15, 0.2) is 205 Å². The molecule has 0 N–H and O–H groups in total. The first kappa shape index (κ1) is 35.3. The topological polar surface area (TPSA) is 16.4 Å². The van der Waals surface area contributed by atoms with E-state index in [0.29, 0.717) is 0 Å². The van der Waals surface area contributed by atoms with E-state index in [1.807, 2.05) is 6.07 Å². The molecule has 1 spiro atoms. The van der Waals surface area contributed by atoms with Crippen molar-refractivity contribution in [2.45, 2.75) is 37.5 Å². The summed E-state index contributed by atoms with van der Waals surface area (Å²) >= 11 is 0. The minimum absolute atomic E-state index is 0.127. The van der Waals surface area contributed by atoms with E-state index in [1.54, 1.807) is 0 Å². The summed E-state index contributed by atoms with van der Waals surface area (Å²) in [5, 5.41) is 2.29. The number of rotatable bonds is 5. The number of hydrogen-bond acceptors (Lipinski definition) is 2. The molecule has 13 rings (SSSR count). The molecule has 0 amide bonds. The Kier molecular flexibility index (Phi) is 7.43. The van der Waals surface area contributed by atoms with Crippen molar-refractivity contribution in [3.8, 4) is 44.5 Å². The molecule has 9 aromatic carbocycles. The van der Waals surface area contributed by atoms with E-state index in [4.69, 9.17) is 4.42 Å². The van der Waals surface area contributed by atoms with Crippen LogP contribution in [0.2, 0.25) is 0 Å². The molecule has 0 fully saturated rings. The van der Waals surface area contributed by atoms with Crippen LogP contribution in [0.3, 0.4) is 0 Å². The molecule has 0 atom stereocenters. The van der Waals surface area contributed by atoms with Crippen molar-refractivity contribution in [1.29, 1.82) is 0 Å². The van der Waals surface area contributed by atoms with Gasteiger partial charge in [0.05, 0.1) is 0 Å². The fourth-order valence-corrected chi connectivity index (χ4v) is 11.5. The summed E-state index contributed by atoms with van der Waals surface area (Å²) < 4.78 is 6.50. The Morgan fingerprint density at radius 2 is 0.935 bits per heavy atom. The minimum Gasteiger partial charge on any atom is -0.455 e. The van der Waals surface area contributed by atoms with Gasteiger partial charge in [0, 0.05) is 44.2 Å². The monoisotopic (exact) mass is 793 g/mol. The Labute approximate surface area is 362 Å². The van der Waals surface area contributed by atoms with Crippen molar-refractivity contribution in [1.82, 2.24) is 0 Å². The van der Waals surface area contributed by atoms with E-state index < -0.39 is 0 Å². The number of benzene rings is 9. The Balaban J connectivity index is 0.987. The van der Waals surface area contributed by atoms with Crippen molar-refractivity contribution < 1.29 is 4.42 Å². The molecule has 0 radical (unpaired) electrons. The number of hydrogen-bond donors (Lipinski definition) is 0. The van der Waals surface area contributed by atoms with Gasteiger partial charge in [-0.3, -0.25) is 0 Å². The summed E-state index contributed by atoms with van der Waals surface area (Å²) in [7, 11) is 0. The van der Waals surface area contributed by atoms with Gasteiger partial charge >= 0.3 is 0 Å². The number of anilines is 3. The van der Waals surface area contributed by atoms with E-state index in [-0.39, 0.29) is 10.8 Å². The predicted molar refractivity (Wildman–Crippen MR) is 257 cm³/mol. The van der Waals surface area contributed by atoms with E-state index in [2.05, 4.69) is 213 Å². The molecule has 0 aliphatic heterocycles. The van der Waals surface area contributed by atoms with Gasteiger partial charge in [-0.05, 0) is 134 Å². The van der Waals surface area contributed by atoms with Crippen LogP contribution in [0.1, 0.15) is 47.2 Å². The van der Waals surface area contributed by atoms with Crippen molar-refractivity contribution in [3.63, 3.8) is 0 Å². The first-order valence-electron chi connectivity index (χ1n) is 21.9. The number of nitrogens with zero attached hydrogens (tertiary/aromatic N) is 1. The highest BCUT2D eigenvalue weighted by molar-refractivity contribution is 6.09. The molecule has 62 heavy (non-hydrogen) atoms. The summed E-state index contributed by atoms with van der Waals surface area (Å²) in [5.41, 5.74) is 23.6. The third-order valence-corrected chi connectivity index (χ3v) is 14.5. The standard InChI is InChI=1S/C60H43NO/c1-59(2)53-21-10-8-17-47(53)48-31-28-44(34-54(48)59)61(43-26-23-39(24-27-43)46-19-12-20-52-51-18-9-11-22-57(51)62-58(46)52)45-29-32-50-49-30-25-40(38-13-4-3-5-14-38)33-55(49)60(56(50)35-45)36-41-15-6-7-16-42(41)37-60/h3-35H,36-37H2,1-2H3. The van der Waals surface area contributed by atoms with Crippen LogP contribution in [0.5, 0.6) is 0 Å². The van der Waals surface area contributed by atoms with Gasteiger partial charge in [-0.2, -0.15) is 0 Å². The predicted octanol–water partition coefficient (Wildman–Crippen LogP) is 15.8. The Bertz CT molecular complexity index is 3420. The lowest BCUT2D eigenvalue weighted by atomic mass is 9.75. The fourth-order valence-electron chi connectivity index (χ4n) is 11.5. The van der Waals surface area contributed by atoms with Crippen LogP contribution in [0, 0.1) is 0 Å². The maximum atomic E-state index is 6.50. The second-order valence-electron chi connectivity index (χ2n) is 18.1. The van der Waals surface area contributed by atoms with Crippen molar-refractivity contribution in [3.05, 3.63) is 234 Å². The molecular formula is C60H43NO. The van der Waals surface area contributed by atoms with Gasteiger partial charge < -0.3 is 9.32 Å². The lowest BCUT2D eigenvalue weighted by Crippen LogP contribution is -2.26. The lowest BCUT2D eigenvalue weighted by Gasteiger charge is -2.31. The van der Waals surface area contributed by atoms with Crippen LogP contribution >= 0.6 is 0 Å². The fraction of sp³-hybridized carbons (Fsp3) is 0.100. The molecule has 1 heterocycles. The van der Waals surface area contributed by atoms with E-state index in [1.165, 1.54) is 66.8 Å². The zero-order valence-corrected chi connectivity index (χ0v) is 34.8. The van der Waals surface area contributed by atoms with Crippen LogP contribution in [-0.4, -0.2) is 0 Å². The van der Waals surface area contributed by atoms with Gasteiger partial charge in [-0.1, -0.05) is 166 Å². The zero-order chi connectivity index (χ0) is 41.2. The average molecular weight is 794 g/mol. The van der Waals surface area contributed by atoms with Gasteiger partial charge in [0.25, 0.3) is 0 Å². The Hall–Kier alpha value is -7.42. The summed E-state index contributed by atoms with van der Waals surface area (Å²) in [5.74, 6) is 0. The molecule has 2 heteroatoms. The lowest BCUT2D eigenvalue weighted by molar-refractivity contribution is 0.564. The van der Waals surface area contributed by atoms with Crippen molar-refractivity contribution in [2.75, 3.05) is 4.90 Å². The van der Waals surface area contributed by atoms with Crippen LogP contribution in [-0.2, 0) is 23.7 Å². The van der Waals surface area contributed by atoms with Gasteiger partial charge in [-0.25, -0.2) is 0 Å². The third-order valence-electron chi connectivity index (χ3n) is 14.5. The quantitative estimate of drug-likeness (QED) is 0.173.